The van der Waals surface area contributed by atoms with Crippen LogP contribution in [0.25, 0.3) is 0 Å². The maximum Gasteiger partial charge on any atom is 0.225 e. The first kappa shape index (κ1) is 11.7. The molecule has 2 fully saturated rings. The molecule has 0 aromatic heterocycles. The zero-order valence-corrected chi connectivity index (χ0v) is 10.8. The number of aryl methyl sites for hydroxylation is 1. The van der Waals surface area contributed by atoms with Gasteiger partial charge in [-0.1, -0.05) is 29.8 Å². The van der Waals surface area contributed by atoms with Gasteiger partial charge < -0.3 is 10.6 Å². The molecule has 1 saturated carbocycles. The highest BCUT2D eigenvalue weighted by Gasteiger charge is 2.36. The normalized spacial score (nSPS) is 27.2. The molecule has 1 aromatic carbocycles. The van der Waals surface area contributed by atoms with Crippen LogP contribution in [0.3, 0.4) is 0 Å². The lowest BCUT2D eigenvalue weighted by Crippen LogP contribution is -2.35. The Morgan fingerprint density at radius 1 is 1.22 bits per heavy atom. The van der Waals surface area contributed by atoms with Crippen LogP contribution in [0.4, 0.5) is 0 Å². The zero-order valence-electron chi connectivity index (χ0n) is 10.8. The molecule has 3 rings (SSSR count). The highest BCUT2D eigenvalue weighted by molar-refractivity contribution is 5.81. The van der Waals surface area contributed by atoms with Crippen LogP contribution in [0, 0.1) is 12.8 Å². The average Bonchev–Trinajstić information content (AvgIpc) is 3.04. The van der Waals surface area contributed by atoms with Gasteiger partial charge in [-0.2, -0.15) is 0 Å². The van der Waals surface area contributed by atoms with E-state index < -0.39 is 0 Å². The van der Waals surface area contributed by atoms with Crippen LogP contribution in [-0.4, -0.2) is 25.0 Å². The van der Waals surface area contributed by atoms with Crippen molar-refractivity contribution in [2.24, 2.45) is 5.92 Å². The number of nitrogens with one attached hydrogen (secondary N) is 2. The summed E-state index contributed by atoms with van der Waals surface area (Å²) in [5.74, 6) is 0.644. The SMILES string of the molecule is Cc1ccc(C2CNCC2C(=O)NC2CC2)cc1. The quantitative estimate of drug-likeness (QED) is 0.847. The van der Waals surface area contributed by atoms with Gasteiger partial charge in [0.25, 0.3) is 0 Å². The van der Waals surface area contributed by atoms with Crippen molar-refractivity contribution in [3.63, 3.8) is 0 Å². The van der Waals surface area contributed by atoms with E-state index in [0.717, 1.165) is 25.9 Å². The Labute approximate surface area is 108 Å². The van der Waals surface area contributed by atoms with Crippen molar-refractivity contribution in [3.05, 3.63) is 35.4 Å². The van der Waals surface area contributed by atoms with Crippen molar-refractivity contribution in [3.8, 4) is 0 Å². The van der Waals surface area contributed by atoms with E-state index in [2.05, 4.69) is 41.8 Å². The van der Waals surface area contributed by atoms with Crippen molar-refractivity contribution in [1.29, 1.82) is 0 Å². The van der Waals surface area contributed by atoms with Crippen molar-refractivity contribution in [2.45, 2.75) is 31.7 Å². The fraction of sp³-hybridized carbons (Fsp3) is 0.533. The molecule has 96 valence electrons. The molecule has 2 N–H and O–H groups in total. The monoisotopic (exact) mass is 244 g/mol. The van der Waals surface area contributed by atoms with Gasteiger partial charge in [0.05, 0.1) is 5.92 Å². The van der Waals surface area contributed by atoms with Gasteiger partial charge in [-0.25, -0.2) is 0 Å². The maximum atomic E-state index is 12.2. The summed E-state index contributed by atoms with van der Waals surface area (Å²) in [6.45, 7) is 3.80. The molecule has 1 saturated heterocycles. The van der Waals surface area contributed by atoms with E-state index >= 15 is 0 Å². The molecule has 2 aliphatic rings. The summed E-state index contributed by atoms with van der Waals surface area (Å²) in [5.41, 5.74) is 2.55. The lowest BCUT2D eigenvalue weighted by atomic mass is 9.88. The van der Waals surface area contributed by atoms with E-state index in [-0.39, 0.29) is 11.8 Å². The second kappa shape index (κ2) is 4.73. The third-order valence-electron chi connectivity index (χ3n) is 3.98. The van der Waals surface area contributed by atoms with E-state index in [1.54, 1.807) is 0 Å². The van der Waals surface area contributed by atoms with Crippen molar-refractivity contribution in [2.75, 3.05) is 13.1 Å². The maximum absolute atomic E-state index is 12.2. The molecule has 1 amide bonds. The number of benzene rings is 1. The number of hydrogen-bond donors (Lipinski definition) is 2. The van der Waals surface area contributed by atoms with Crippen LogP contribution in [0.1, 0.15) is 29.9 Å². The minimum absolute atomic E-state index is 0.0910. The average molecular weight is 244 g/mol. The Morgan fingerprint density at radius 3 is 2.61 bits per heavy atom. The third kappa shape index (κ3) is 2.41. The zero-order chi connectivity index (χ0) is 12.5. The largest absolute Gasteiger partial charge is 0.353 e. The molecule has 0 bridgehead atoms. The fourth-order valence-corrected chi connectivity index (χ4v) is 2.65. The smallest absolute Gasteiger partial charge is 0.225 e. The molecule has 1 aliphatic heterocycles. The second-order valence-corrected chi connectivity index (χ2v) is 5.56. The lowest BCUT2D eigenvalue weighted by molar-refractivity contribution is -0.124. The number of rotatable bonds is 3. The standard InChI is InChI=1S/C15H20N2O/c1-10-2-4-11(5-3-10)13-8-16-9-14(13)15(18)17-12-6-7-12/h2-5,12-14,16H,6-9H2,1H3,(H,17,18). The molecule has 1 aromatic rings. The van der Waals surface area contributed by atoms with Crippen LogP contribution >= 0.6 is 0 Å². The molecule has 3 heteroatoms. The van der Waals surface area contributed by atoms with E-state index in [1.165, 1.54) is 11.1 Å². The van der Waals surface area contributed by atoms with Gasteiger partial charge in [0.1, 0.15) is 0 Å². The first-order chi connectivity index (χ1) is 8.74. The van der Waals surface area contributed by atoms with Crippen molar-refractivity contribution >= 4 is 5.91 Å². The summed E-state index contributed by atoms with van der Waals surface area (Å²) in [7, 11) is 0. The Balaban J connectivity index is 1.73. The molecule has 18 heavy (non-hydrogen) atoms. The van der Waals surface area contributed by atoms with Gasteiger partial charge in [0, 0.05) is 25.0 Å². The summed E-state index contributed by atoms with van der Waals surface area (Å²) >= 11 is 0. The third-order valence-corrected chi connectivity index (χ3v) is 3.98. The summed E-state index contributed by atoms with van der Waals surface area (Å²) in [5, 5.41) is 6.48. The van der Waals surface area contributed by atoms with Crippen LogP contribution in [0.2, 0.25) is 0 Å². The number of carbonyl (C=O) groups is 1. The van der Waals surface area contributed by atoms with E-state index in [1.807, 2.05) is 0 Å². The Bertz CT molecular complexity index is 436. The van der Waals surface area contributed by atoms with Crippen molar-refractivity contribution < 1.29 is 4.79 Å². The van der Waals surface area contributed by atoms with Gasteiger partial charge in [-0.3, -0.25) is 4.79 Å². The predicted octanol–water partition coefficient (Wildman–Crippen LogP) is 1.58. The number of amides is 1. The summed E-state index contributed by atoms with van der Waals surface area (Å²) < 4.78 is 0. The Morgan fingerprint density at radius 2 is 1.94 bits per heavy atom. The fourth-order valence-electron chi connectivity index (χ4n) is 2.65. The van der Waals surface area contributed by atoms with E-state index in [4.69, 9.17) is 0 Å². The highest BCUT2D eigenvalue weighted by Crippen LogP contribution is 2.29. The number of carbonyl (C=O) groups excluding carboxylic acids is 1. The molecule has 3 nitrogen and oxygen atoms in total. The van der Waals surface area contributed by atoms with E-state index in [9.17, 15) is 4.79 Å². The summed E-state index contributed by atoms with van der Waals surface area (Å²) in [4.78, 5) is 12.2. The molecule has 1 heterocycles. The Kier molecular flexibility index (Phi) is 3.08. The van der Waals surface area contributed by atoms with Gasteiger partial charge in [-0.15, -0.1) is 0 Å². The van der Waals surface area contributed by atoms with Crippen LogP contribution < -0.4 is 10.6 Å². The van der Waals surface area contributed by atoms with Crippen LogP contribution in [-0.2, 0) is 4.79 Å². The van der Waals surface area contributed by atoms with Gasteiger partial charge in [-0.05, 0) is 25.3 Å². The second-order valence-electron chi connectivity index (χ2n) is 5.56. The lowest BCUT2D eigenvalue weighted by Gasteiger charge is -2.18. The van der Waals surface area contributed by atoms with Gasteiger partial charge in [0.2, 0.25) is 5.91 Å². The highest BCUT2D eigenvalue weighted by atomic mass is 16.2. The molecular formula is C15H20N2O. The first-order valence-electron chi connectivity index (χ1n) is 6.81. The predicted molar refractivity (Wildman–Crippen MR) is 71.4 cm³/mol. The summed E-state index contributed by atoms with van der Waals surface area (Å²) in [6, 6.07) is 9.03. The molecule has 1 aliphatic carbocycles. The van der Waals surface area contributed by atoms with Gasteiger partial charge >= 0.3 is 0 Å². The minimum atomic E-state index is 0.0910. The van der Waals surface area contributed by atoms with Crippen LogP contribution in [0.15, 0.2) is 24.3 Å². The molecule has 2 atom stereocenters. The number of hydrogen-bond acceptors (Lipinski definition) is 2. The molecule has 0 spiro atoms. The molecule has 0 radical (unpaired) electrons. The van der Waals surface area contributed by atoms with Gasteiger partial charge in [0.15, 0.2) is 0 Å². The summed E-state index contributed by atoms with van der Waals surface area (Å²) in [6.07, 6.45) is 2.31. The Hall–Kier alpha value is -1.35. The first-order valence-corrected chi connectivity index (χ1v) is 6.81. The van der Waals surface area contributed by atoms with Crippen molar-refractivity contribution in [1.82, 2.24) is 10.6 Å². The van der Waals surface area contributed by atoms with E-state index in [0.29, 0.717) is 12.0 Å². The molecular weight excluding hydrogens is 224 g/mol. The topological polar surface area (TPSA) is 41.1 Å². The molecule has 2 unspecified atom stereocenters. The minimum Gasteiger partial charge on any atom is -0.353 e. The van der Waals surface area contributed by atoms with Crippen LogP contribution in [0.5, 0.6) is 0 Å².